The molecule has 2 fully saturated rings. The highest BCUT2D eigenvalue weighted by molar-refractivity contribution is 6.15. The van der Waals surface area contributed by atoms with Crippen LogP contribution in [0.5, 0.6) is 0 Å². The molecule has 0 aliphatic carbocycles. The van der Waals surface area contributed by atoms with Crippen molar-refractivity contribution in [1.29, 1.82) is 0 Å². The first kappa shape index (κ1) is 61.1. The van der Waals surface area contributed by atoms with Gasteiger partial charge in [0.2, 0.25) is 0 Å². The highest BCUT2D eigenvalue weighted by atomic mass is 16.3. The summed E-state index contributed by atoms with van der Waals surface area (Å²) in [6, 6.07) is 35.8. The van der Waals surface area contributed by atoms with Gasteiger partial charge in [-0.25, -0.2) is 0 Å². The SMILES string of the molecule is CC(=O)c1ccc2c(c1)c1cc(C(C)=O)ccc1n2CCCN1CCC(O)CC1.CC(=O)c1ccc2c(c1)c1cc(C(C)=O)ccc1n2CCCN1CCCCCC1.CC(=O)c1ccc2c(c1)c1cc(C(C)=O)ccc1n2CCCNC(C)C. The number of carbonyl (C=O) groups excluding carboxylic acids is 6. The predicted molar refractivity (Wildman–Crippen MR) is 342 cm³/mol. The predicted octanol–water partition coefficient (Wildman–Crippen LogP) is 14.1. The number of nitrogens with one attached hydrogen (secondary N) is 1. The van der Waals surface area contributed by atoms with Gasteiger partial charge in [0.25, 0.3) is 0 Å². The average Bonchev–Trinajstić information content (AvgIpc) is 1.95. The van der Waals surface area contributed by atoms with Crippen molar-refractivity contribution in [2.75, 3.05) is 45.8 Å². The van der Waals surface area contributed by atoms with E-state index in [1.165, 1.54) is 38.8 Å². The molecule has 9 aromatic rings. The third-order valence-corrected chi connectivity index (χ3v) is 17.1. The molecule has 0 bridgehead atoms. The molecule has 0 radical (unpaired) electrons. The Bertz CT molecular complexity index is 3700. The second-order valence-electron chi connectivity index (χ2n) is 23.7. The second kappa shape index (κ2) is 27.5. The van der Waals surface area contributed by atoms with E-state index in [9.17, 15) is 33.9 Å². The summed E-state index contributed by atoms with van der Waals surface area (Å²) in [7, 11) is 0. The molecule has 0 amide bonds. The summed E-state index contributed by atoms with van der Waals surface area (Å²) in [4.78, 5) is 76.3. The van der Waals surface area contributed by atoms with Gasteiger partial charge in [0.05, 0.1) is 6.10 Å². The van der Waals surface area contributed by atoms with Gasteiger partial charge >= 0.3 is 0 Å². The Kier molecular flexibility index (Phi) is 20.0. The molecule has 13 heteroatoms. The number of aromatic nitrogens is 3. The number of piperidine rings is 1. The number of hydrogen-bond acceptors (Lipinski definition) is 10. The minimum absolute atomic E-state index is 0.0443. The zero-order valence-electron chi connectivity index (χ0n) is 50.6. The van der Waals surface area contributed by atoms with Crippen molar-refractivity contribution >= 4 is 100 Å². The number of ketones is 6. The lowest BCUT2D eigenvalue weighted by Gasteiger charge is -2.29. The fourth-order valence-corrected chi connectivity index (χ4v) is 12.4. The van der Waals surface area contributed by atoms with Gasteiger partial charge in [0.15, 0.2) is 34.7 Å². The van der Waals surface area contributed by atoms with Crippen molar-refractivity contribution < 1.29 is 33.9 Å². The lowest BCUT2D eigenvalue weighted by atomic mass is 10.0. The summed E-state index contributed by atoms with van der Waals surface area (Å²) in [6.07, 6.45) is 10.1. The fourth-order valence-electron chi connectivity index (χ4n) is 12.4. The van der Waals surface area contributed by atoms with Crippen LogP contribution in [-0.4, -0.2) is 121 Å². The molecule has 2 N–H and O–H groups in total. The molecule has 2 aliphatic heterocycles. The van der Waals surface area contributed by atoms with E-state index < -0.39 is 0 Å². The molecule has 0 atom stereocenters. The van der Waals surface area contributed by atoms with E-state index in [0.29, 0.717) is 39.4 Å². The van der Waals surface area contributed by atoms with Gasteiger partial charge < -0.3 is 33.9 Å². The highest BCUT2D eigenvalue weighted by Crippen LogP contribution is 2.35. The zero-order valence-corrected chi connectivity index (χ0v) is 50.6. The minimum Gasteiger partial charge on any atom is -0.393 e. The van der Waals surface area contributed by atoms with Gasteiger partial charge in [-0.15, -0.1) is 0 Å². The smallest absolute Gasteiger partial charge is 0.159 e. The van der Waals surface area contributed by atoms with E-state index >= 15 is 0 Å². The zero-order chi connectivity index (χ0) is 59.8. The molecule has 2 aliphatic rings. The first-order valence-corrected chi connectivity index (χ1v) is 30.5. The van der Waals surface area contributed by atoms with Crippen LogP contribution >= 0.6 is 0 Å². The van der Waals surface area contributed by atoms with Crippen LogP contribution in [0.4, 0.5) is 0 Å². The van der Waals surface area contributed by atoms with Crippen molar-refractivity contribution in [3.63, 3.8) is 0 Å². The van der Waals surface area contributed by atoms with Gasteiger partial charge in [-0.2, -0.15) is 0 Å². The van der Waals surface area contributed by atoms with Crippen LogP contribution in [0.25, 0.3) is 65.4 Å². The van der Waals surface area contributed by atoms with Gasteiger partial charge in [-0.05, 0) is 228 Å². The van der Waals surface area contributed by atoms with Crippen molar-refractivity contribution in [2.24, 2.45) is 0 Å². The first-order chi connectivity index (χ1) is 40.4. The standard InChI is InChI=1S/C25H30N2O2.C24H28N2O3.C22H26N2O2/c1-18(28)20-8-10-24-22(16-20)23-17-21(19(2)29)9-11-25(23)27(24)15-7-14-26-12-5-3-4-6-13-26;1-16(27)18-4-6-23-21(14-18)22-15-19(17(2)28)5-7-24(22)26(23)11-3-10-25-12-8-20(29)9-13-25;1-14(2)23-10-5-11-24-21-8-6-17(15(3)25)12-19(21)20-13-18(16(4)26)7-9-22(20)24/h8-11,16-17H,3-7,12-15H2,1-2H3;4-7,14-15,20,29H,3,8-13H2,1-2H3;6-9,12-14,23H,5,10-11H2,1-4H3. The second-order valence-corrected chi connectivity index (χ2v) is 23.7. The van der Waals surface area contributed by atoms with Crippen LogP contribution in [0.2, 0.25) is 0 Å². The number of aryl methyl sites for hydroxylation is 3. The maximum Gasteiger partial charge on any atom is 0.159 e. The Labute approximate surface area is 493 Å². The lowest BCUT2D eigenvalue weighted by Crippen LogP contribution is -2.36. The highest BCUT2D eigenvalue weighted by Gasteiger charge is 2.20. The summed E-state index contributed by atoms with van der Waals surface area (Å²) in [5, 5.41) is 19.4. The molecule has 2 saturated heterocycles. The molecular formula is C71H84N6O7. The number of benzene rings is 6. The van der Waals surface area contributed by atoms with Crippen LogP contribution in [0.3, 0.4) is 0 Å². The Morgan fingerprint density at radius 3 is 0.917 bits per heavy atom. The van der Waals surface area contributed by atoms with Crippen LogP contribution in [0, 0.1) is 0 Å². The quantitative estimate of drug-likeness (QED) is 0.0590. The molecular weight excluding hydrogens is 1050 g/mol. The topological polar surface area (TPSA) is 156 Å². The number of rotatable bonds is 19. The summed E-state index contributed by atoms with van der Waals surface area (Å²) in [5.41, 5.74) is 10.9. The van der Waals surface area contributed by atoms with Crippen molar-refractivity contribution in [1.82, 2.24) is 28.8 Å². The van der Waals surface area contributed by atoms with Crippen molar-refractivity contribution in [3.8, 4) is 0 Å². The summed E-state index contributed by atoms with van der Waals surface area (Å²) in [5.74, 6) is 0.326. The minimum atomic E-state index is -0.144. The molecule has 5 heterocycles. The van der Waals surface area contributed by atoms with E-state index in [4.69, 9.17) is 0 Å². The molecule has 11 rings (SSSR count). The molecule has 13 nitrogen and oxygen atoms in total. The number of nitrogens with zero attached hydrogens (tertiary/aromatic N) is 5. The number of aliphatic hydroxyl groups excluding tert-OH is 1. The maximum atomic E-state index is 11.9. The van der Waals surface area contributed by atoms with E-state index in [-0.39, 0.29) is 40.8 Å². The normalized spacial score (nSPS) is 14.5. The van der Waals surface area contributed by atoms with Gasteiger partial charge in [-0.3, -0.25) is 28.8 Å². The third kappa shape index (κ3) is 14.2. The van der Waals surface area contributed by atoms with Crippen molar-refractivity contribution in [2.45, 2.75) is 145 Å². The largest absolute Gasteiger partial charge is 0.393 e. The number of aliphatic hydroxyl groups is 1. The summed E-state index contributed by atoms with van der Waals surface area (Å²) in [6.45, 7) is 24.0. The molecule has 0 saturated carbocycles. The molecule has 3 aromatic heterocycles. The Balaban J connectivity index is 0.000000151. The molecule has 440 valence electrons. The summed E-state index contributed by atoms with van der Waals surface area (Å²) < 4.78 is 6.95. The van der Waals surface area contributed by atoms with Crippen LogP contribution < -0.4 is 5.32 Å². The van der Waals surface area contributed by atoms with E-state index in [2.05, 4.69) is 54.8 Å². The number of likely N-dealkylation sites (tertiary alicyclic amines) is 2. The fraction of sp³-hybridized carbons (Fsp3) is 0.408. The Morgan fingerprint density at radius 1 is 0.393 bits per heavy atom. The Hall–Kier alpha value is -7.42. The lowest BCUT2D eigenvalue weighted by molar-refractivity contribution is 0.0816. The maximum absolute atomic E-state index is 11.9. The van der Waals surface area contributed by atoms with E-state index in [1.807, 2.05) is 97.1 Å². The van der Waals surface area contributed by atoms with Gasteiger partial charge in [0.1, 0.15) is 0 Å². The summed E-state index contributed by atoms with van der Waals surface area (Å²) >= 11 is 0. The van der Waals surface area contributed by atoms with Crippen LogP contribution in [0.1, 0.15) is 175 Å². The molecule has 84 heavy (non-hydrogen) atoms. The number of carbonyl (C=O) groups is 6. The Morgan fingerprint density at radius 2 is 0.655 bits per heavy atom. The number of fused-ring (bicyclic) bond motifs is 9. The molecule has 6 aromatic carbocycles. The molecule has 0 spiro atoms. The monoisotopic (exact) mass is 1130 g/mol. The third-order valence-electron chi connectivity index (χ3n) is 17.1. The van der Waals surface area contributed by atoms with E-state index in [0.717, 1.165) is 150 Å². The van der Waals surface area contributed by atoms with Crippen LogP contribution in [0.15, 0.2) is 109 Å². The van der Waals surface area contributed by atoms with Crippen LogP contribution in [-0.2, 0) is 19.6 Å². The average molecular weight is 1130 g/mol. The molecule has 0 unspecified atom stereocenters. The van der Waals surface area contributed by atoms with E-state index in [1.54, 1.807) is 41.5 Å². The first-order valence-electron chi connectivity index (χ1n) is 30.5. The number of hydrogen-bond donors (Lipinski definition) is 2. The van der Waals surface area contributed by atoms with Gasteiger partial charge in [0, 0.05) is 138 Å². The van der Waals surface area contributed by atoms with Crippen molar-refractivity contribution in [3.05, 3.63) is 143 Å². The number of Topliss-reactive ketones (excluding diaryl/α,β-unsaturated/α-hetero) is 6. The van der Waals surface area contributed by atoms with Gasteiger partial charge in [-0.1, -0.05) is 26.7 Å².